The lowest BCUT2D eigenvalue weighted by molar-refractivity contribution is 0.187. The van der Waals surface area contributed by atoms with Gasteiger partial charge in [0, 0.05) is 12.0 Å². The second kappa shape index (κ2) is 3.04. The molecule has 1 aliphatic rings. The fourth-order valence-electron chi connectivity index (χ4n) is 1.79. The average molecular weight is 178 g/mol. The Kier molecular flexibility index (Phi) is 2.00. The lowest BCUT2D eigenvalue weighted by Gasteiger charge is -2.10. The first kappa shape index (κ1) is 8.57. The molecule has 2 atom stereocenters. The van der Waals surface area contributed by atoms with E-state index >= 15 is 0 Å². The van der Waals surface area contributed by atoms with Crippen LogP contribution in [0.25, 0.3) is 0 Å². The maximum Gasteiger partial charge on any atom is 0.128 e. The van der Waals surface area contributed by atoms with E-state index in [1.54, 1.807) is 6.92 Å². The minimum atomic E-state index is -0.444. The standard InChI is InChI=1S/C11H14O2/c1-7-6-9-4-3-5-10(8(2)12)11(9)13-7/h3-5,7-8,12H,6H2,1-2H3. The summed E-state index contributed by atoms with van der Waals surface area (Å²) in [4.78, 5) is 0. The SMILES string of the molecule is CC1Cc2cccc(C(C)O)c2O1. The first-order valence-corrected chi connectivity index (χ1v) is 4.65. The Morgan fingerprint density at radius 2 is 2.31 bits per heavy atom. The van der Waals surface area contributed by atoms with Gasteiger partial charge in [-0.25, -0.2) is 0 Å². The molecule has 2 unspecified atom stereocenters. The number of hydrogen-bond donors (Lipinski definition) is 1. The number of hydrogen-bond acceptors (Lipinski definition) is 2. The number of para-hydroxylation sites is 1. The van der Waals surface area contributed by atoms with Crippen LogP contribution in [-0.2, 0) is 6.42 Å². The normalized spacial score (nSPS) is 22.2. The molecule has 1 aromatic carbocycles. The number of rotatable bonds is 1. The molecule has 2 rings (SSSR count). The predicted molar refractivity (Wildman–Crippen MR) is 50.9 cm³/mol. The zero-order valence-corrected chi connectivity index (χ0v) is 7.95. The van der Waals surface area contributed by atoms with Gasteiger partial charge in [-0.1, -0.05) is 18.2 Å². The van der Waals surface area contributed by atoms with Crippen LogP contribution in [-0.4, -0.2) is 11.2 Å². The first-order chi connectivity index (χ1) is 6.18. The number of ether oxygens (including phenoxy) is 1. The highest BCUT2D eigenvalue weighted by Gasteiger charge is 2.22. The molecule has 2 heteroatoms. The molecule has 1 heterocycles. The van der Waals surface area contributed by atoms with E-state index < -0.39 is 6.10 Å². The molecular weight excluding hydrogens is 164 g/mol. The fourth-order valence-corrected chi connectivity index (χ4v) is 1.79. The summed E-state index contributed by atoms with van der Waals surface area (Å²) in [7, 11) is 0. The zero-order chi connectivity index (χ0) is 9.42. The van der Waals surface area contributed by atoms with Crippen LogP contribution in [0.1, 0.15) is 31.1 Å². The van der Waals surface area contributed by atoms with Gasteiger partial charge in [0.05, 0.1) is 6.10 Å². The molecule has 1 aromatic rings. The van der Waals surface area contributed by atoms with Gasteiger partial charge in [0.2, 0.25) is 0 Å². The molecule has 0 saturated heterocycles. The maximum atomic E-state index is 9.49. The fraction of sp³-hybridized carbons (Fsp3) is 0.455. The van der Waals surface area contributed by atoms with Crippen LogP contribution in [0.15, 0.2) is 18.2 Å². The van der Waals surface area contributed by atoms with Crippen LogP contribution in [0.3, 0.4) is 0 Å². The number of aliphatic hydroxyl groups is 1. The summed E-state index contributed by atoms with van der Waals surface area (Å²) in [6.07, 6.45) is 0.755. The van der Waals surface area contributed by atoms with E-state index in [9.17, 15) is 5.11 Å². The minimum Gasteiger partial charge on any atom is -0.490 e. The van der Waals surface area contributed by atoms with E-state index in [1.165, 1.54) is 5.56 Å². The van der Waals surface area contributed by atoms with Crippen molar-refractivity contribution in [1.82, 2.24) is 0 Å². The van der Waals surface area contributed by atoms with Crippen molar-refractivity contribution in [3.8, 4) is 5.75 Å². The summed E-state index contributed by atoms with van der Waals surface area (Å²) < 4.78 is 5.64. The smallest absolute Gasteiger partial charge is 0.128 e. The average Bonchev–Trinajstić information content (AvgIpc) is 2.43. The highest BCUT2D eigenvalue weighted by atomic mass is 16.5. The second-order valence-electron chi connectivity index (χ2n) is 3.64. The summed E-state index contributed by atoms with van der Waals surface area (Å²) in [6.45, 7) is 3.81. The predicted octanol–water partition coefficient (Wildman–Crippen LogP) is 2.06. The first-order valence-electron chi connectivity index (χ1n) is 4.65. The summed E-state index contributed by atoms with van der Waals surface area (Å²) >= 11 is 0. The Morgan fingerprint density at radius 1 is 1.54 bits per heavy atom. The lowest BCUT2D eigenvalue weighted by Crippen LogP contribution is -2.06. The van der Waals surface area contributed by atoms with Gasteiger partial charge >= 0.3 is 0 Å². The summed E-state index contributed by atoms with van der Waals surface area (Å²) in [6, 6.07) is 5.95. The van der Waals surface area contributed by atoms with Crippen molar-refractivity contribution in [3.05, 3.63) is 29.3 Å². The Hall–Kier alpha value is -1.02. The largest absolute Gasteiger partial charge is 0.490 e. The molecule has 0 radical (unpaired) electrons. The van der Waals surface area contributed by atoms with Crippen molar-refractivity contribution >= 4 is 0 Å². The molecule has 2 nitrogen and oxygen atoms in total. The second-order valence-corrected chi connectivity index (χ2v) is 3.64. The van der Waals surface area contributed by atoms with Gasteiger partial charge in [0.1, 0.15) is 11.9 Å². The highest BCUT2D eigenvalue weighted by Crippen LogP contribution is 2.35. The number of fused-ring (bicyclic) bond motifs is 1. The molecule has 0 saturated carbocycles. The third-order valence-electron chi connectivity index (χ3n) is 2.40. The maximum absolute atomic E-state index is 9.49. The molecular formula is C11H14O2. The van der Waals surface area contributed by atoms with E-state index in [0.717, 1.165) is 17.7 Å². The topological polar surface area (TPSA) is 29.5 Å². The van der Waals surface area contributed by atoms with Crippen LogP contribution in [0.5, 0.6) is 5.75 Å². The van der Waals surface area contributed by atoms with Crippen molar-refractivity contribution in [1.29, 1.82) is 0 Å². The van der Waals surface area contributed by atoms with Crippen molar-refractivity contribution in [2.24, 2.45) is 0 Å². The third kappa shape index (κ3) is 1.42. The molecule has 0 bridgehead atoms. The van der Waals surface area contributed by atoms with Crippen LogP contribution in [0, 0.1) is 0 Å². The monoisotopic (exact) mass is 178 g/mol. The van der Waals surface area contributed by atoms with Gasteiger partial charge in [-0.05, 0) is 19.4 Å². The van der Waals surface area contributed by atoms with Gasteiger partial charge in [-0.15, -0.1) is 0 Å². The Labute approximate surface area is 78.2 Å². The van der Waals surface area contributed by atoms with Crippen molar-refractivity contribution in [2.45, 2.75) is 32.5 Å². The highest BCUT2D eigenvalue weighted by molar-refractivity contribution is 5.45. The molecule has 70 valence electrons. The Morgan fingerprint density at radius 3 is 3.00 bits per heavy atom. The van der Waals surface area contributed by atoms with E-state index in [1.807, 2.05) is 19.1 Å². The van der Waals surface area contributed by atoms with Crippen LogP contribution in [0.4, 0.5) is 0 Å². The number of aliphatic hydroxyl groups excluding tert-OH is 1. The van der Waals surface area contributed by atoms with E-state index in [4.69, 9.17) is 4.74 Å². The molecule has 0 fully saturated rings. The summed E-state index contributed by atoms with van der Waals surface area (Å²) in [5.74, 6) is 0.894. The summed E-state index contributed by atoms with van der Waals surface area (Å²) in [5, 5.41) is 9.49. The molecule has 0 amide bonds. The van der Waals surface area contributed by atoms with Gasteiger partial charge in [0.15, 0.2) is 0 Å². The quantitative estimate of drug-likeness (QED) is 0.713. The van der Waals surface area contributed by atoms with Crippen molar-refractivity contribution < 1.29 is 9.84 Å². The van der Waals surface area contributed by atoms with Gasteiger partial charge in [-0.2, -0.15) is 0 Å². The molecule has 1 aliphatic heterocycles. The van der Waals surface area contributed by atoms with Gasteiger partial charge in [0.25, 0.3) is 0 Å². The van der Waals surface area contributed by atoms with Gasteiger partial charge < -0.3 is 9.84 Å². The molecule has 0 aromatic heterocycles. The summed E-state index contributed by atoms with van der Waals surface area (Å²) in [5.41, 5.74) is 2.12. The lowest BCUT2D eigenvalue weighted by atomic mass is 10.0. The molecule has 1 N–H and O–H groups in total. The van der Waals surface area contributed by atoms with Crippen LogP contribution >= 0.6 is 0 Å². The molecule has 13 heavy (non-hydrogen) atoms. The van der Waals surface area contributed by atoms with E-state index in [-0.39, 0.29) is 6.10 Å². The van der Waals surface area contributed by atoms with Gasteiger partial charge in [-0.3, -0.25) is 0 Å². The van der Waals surface area contributed by atoms with Crippen molar-refractivity contribution in [2.75, 3.05) is 0 Å². The molecule has 0 spiro atoms. The number of benzene rings is 1. The zero-order valence-electron chi connectivity index (χ0n) is 7.95. The third-order valence-corrected chi connectivity index (χ3v) is 2.40. The Balaban J connectivity index is 2.45. The van der Waals surface area contributed by atoms with Crippen LogP contribution in [0.2, 0.25) is 0 Å². The van der Waals surface area contributed by atoms with E-state index in [0.29, 0.717) is 0 Å². The van der Waals surface area contributed by atoms with E-state index in [2.05, 4.69) is 6.07 Å². The van der Waals surface area contributed by atoms with Crippen molar-refractivity contribution in [3.63, 3.8) is 0 Å². The Bertz CT molecular complexity index is 318. The molecule has 0 aliphatic carbocycles. The minimum absolute atomic E-state index is 0.245. The van der Waals surface area contributed by atoms with Crippen LogP contribution < -0.4 is 4.74 Å².